The Morgan fingerprint density at radius 2 is 1.27 bits per heavy atom. The van der Waals surface area contributed by atoms with Crippen LogP contribution in [0.5, 0.6) is 0 Å². The molecule has 0 radical (unpaired) electrons. The molecule has 0 heterocycles. The van der Waals surface area contributed by atoms with Crippen molar-refractivity contribution < 1.29 is 0 Å². The molecule has 11 heavy (non-hydrogen) atoms. The summed E-state index contributed by atoms with van der Waals surface area (Å²) in [7, 11) is 0. The Morgan fingerprint density at radius 3 is 1.82 bits per heavy atom. The maximum absolute atomic E-state index is 2.40. The van der Waals surface area contributed by atoms with Gasteiger partial charge in [0.1, 0.15) is 0 Å². The summed E-state index contributed by atoms with van der Waals surface area (Å²) in [5.74, 6) is 2.12. The zero-order valence-corrected chi connectivity index (χ0v) is 7.26. The highest BCUT2D eigenvalue weighted by atomic mass is 14.3. The molecule has 2 unspecified atom stereocenters. The minimum absolute atomic E-state index is 1.06. The predicted octanol–water partition coefficient (Wildman–Crippen LogP) is 3.53. The van der Waals surface area contributed by atoms with Crippen LogP contribution in [0, 0.1) is 11.8 Å². The van der Waals surface area contributed by atoms with E-state index in [2.05, 4.69) is 12.2 Å². The van der Waals surface area contributed by atoms with E-state index in [4.69, 9.17) is 0 Å². The highest BCUT2D eigenvalue weighted by Gasteiger charge is 2.23. The molecule has 0 aromatic rings. The molecule has 62 valence electrons. The summed E-state index contributed by atoms with van der Waals surface area (Å²) in [6.07, 6.45) is 15.1. The number of hydrogen-bond donors (Lipinski definition) is 0. The molecular formula is C11H18. The molecular weight excluding hydrogens is 132 g/mol. The SMILES string of the molecule is C1=CCC2CCCCCC2C1. The summed E-state index contributed by atoms with van der Waals surface area (Å²) >= 11 is 0. The van der Waals surface area contributed by atoms with Crippen molar-refractivity contribution in [3.63, 3.8) is 0 Å². The monoisotopic (exact) mass is 150 g/mol. The van der Waals surface area contributed by atoms with Gasteiger partial charge in [-0.25, -0.2) is 0 Å². The second-order valence-corrected chi connectivity index (χ2v) is 4.10. The summed E-state index contributed by atoms with van der Waals surface area (Å²) in [6, 6.07) is 0. The van der Waals surface area contributed by atoms with Crippen LogP contribution in [0.25, 0.3) is 0 Å². The Balaban J connectivity index is 2.00. The van der Waals surface area contributed by atoms with Crippen LogP contribution in [0.3, 0.4) is 0 Å². The van der Waals surface area contributed by atoms with Crippen LogP contribution in [0.1, 0.15) is 44.9 Å². The van der Waals surface area contributed by atoms with Crippen molar-refractivity contribution in [2.75, 3.05) is 0 Å². The third-order valence-corrected chi connectivity index (χ3v) is 3.36. The molecule has 0 bridgehead atoms. The van der Waals surface area contributed by atoms with Crippen LogP contribution in [0.2, 0.25) is 0 Å². The Hall–Kier alpha value is -0.260. The first-order valence-corrected chi connectivity index (χ1v) is 5.12. The minimum atomic E-state index is 1.06. The van der Waals surface area contributed by atoms with Gasteiger partial charge in [0.2, 0.25) is 0 Å². The average Bonchev–Trinajstić information content (AvgIpc) is 2.28. The van der Waals surface area contributed by atoms with Gasteiger partial charge in [0, 0.05) is 0 Å². The van der Waals surface area contributed by atoms with Crippen LogP contribution in [0.15, 0.2) is 12.2 Å². The maximum atomic E-state index is 2.40. The van der Waals surface area contributed by atoms with Crippen LogP contribution < -0.4 is 0 Å². The molecule has 1 saturated carbocycles. The molecule has 0 aromatic heterocycles. The summed E-state index contributed by atoms with van der Waals surface area (Å²) < 4.78 is 0. The van der Waals surface area contributed by atoms with Gasteiger partial charge in [0.15, 0.2) is 0 Å². The van der Waals surface area contributed by atoms with Crippen LogP contribution in [0.4, 0.5) is 0 Å². The van der Waals surface area contributed by atoms with Crippen LogP contribution in [-0.4, -0.2) is 0 Å². The van der Waals surface area contributed by atoms with Crippen molar-refractivity contribution in [2.45, 2.75) is 44.9 Å². The molecule has 2 atom stereocenters. The average molecular weight is 150 g/mol. The molecule has 0 aromatic carbocycles. The lowest BCUT2D eigenvalue weighted by molar-refractivity contribution is 0.305. The largest absolute Gasteiger partial charge is 0.0882 e. The second-order valence-electron chi connectivity index (χ2n) is 4.10. The fourth-order valence-electron chi connectivity index (χ4n) is 2.62. The first-order valence-electron chi connectivity index (χ1n) is 5.12. The number of allylic oxidation sites excluding steroid dienone is 2. The zero-order valence-electron chi connectivity index (χ0n) is 7.26. The predicted molar refractivity (Wildman–Crippen MR) is 48.4 cm³/mol. The van der Waals surface area contributed by atoms with Crippen molar-refractivity contribution in [1.29, 1.82) is 0 Å². The molecule has 0 saturated heterocycles. The highest BCUT2D eigenvalue weighted by Crippen LogP contribution is 2.36. The van der Waals surface area contributed by atoms with Gasteiger partial charge in [-0.05, 0) is 37.5 Å². The summed E-state index contributed by atoms with van der Waals surface area (Å²) in [5.41, 5.74) is 0. The third-order valence-electron chi connectivity index (χ3n) is 3.36. The Morgan fingerprint density at radius 1 is 0.727 bits per heavy atom. The fraction of sp³-hybridized carbons (Fsp3) is 0.818. The smallest absolute Gasteiger partial charge is 0.0319 e. The molecule has 0 nitrogen and oxygen atoms in total. The van der Waals surface area contributed by atoms with Gasteiger partial charge < -0.3 is 0 Å². The molecule has 0 heteroatoms. The summed E-state index contributed by atoms with van der Waals surface area (Å²) in [4.78, 5) is 0. The van der Waals surface area contributed by atoms with Gasteiger partial charge in [-0.2, -0.15) is 0 Å². The van der Waals surface area contributed by atoms with E-state index in [0.29, 0.717) is 0 Å². The van der Waals surface area contributed by atoms with Crippen LogP contribution in [-0.2, 0) is 0 Å². The van der Waals surface area contributed by atoms with Crippen molar-refractivity contribution in [1.82, 2.24) is 0 Å². The molecule has 0 spiro atoms. The third kappa shape index (κ3) is 1.66. The van der Waals surface area contributed by atoms with Crippen molar-refractivity contribution in [2.24, 2.45) is 11.8 Å². The quantitative estimate of drug-likeness (QED) is 0.463. The molecule has 0 N–H and O–H groups in total. The van der Waals surface area contributed by atoms with E-state index in [1.807, 2.05) is 0 Å². The topological polar surface area (TPSA) is 0 Å². The van der Waals surface area contributed by atoms with Crippen LogP contribution >= 0.6 is 0 Å². The lowest BCUT2D eigenvalue weighted by atomic mass is 9.80. The second kappa shape index (κ2) is 3.42. The lowest BCUT2D eigenvalue weighted by Crippen LogP contribution is -2.14. The van der Waals surface area contributed by atoms with Crippen molar-refractivity contribution in [3.8, 4) is 0 Å². The van der Waals surface area contributed by atoms with Gasteiger partial charge in [-0.3, -0.25) is 0 Å². The molecule has 2 aliphatic rings. The van der Waals surface area contributed by atoms with Gasteiger partial charge in [0.25, 0.3) is 0 Å². The summed E-state index contributed by atoms with van der Waals surface area (Å²) in [6.45, 7) is 0. The molecule has 2 rings (SSSR count). The maximum Gasteiger partial charge on any atom is -0.0319 e. The fourth-order valence-corrected chi connectivity index (χ4v) is 2.62. The minimum Gasteiger partial charge on any atom is -0.0882 e. The van der Waals surface area contributed by atoms with E-state index >= 15 is 0 Å². The standard InChI is InChI=1S/C11H18/c1-2-6-10-8-4-5-9-11(10)7-3-1/h4-5,10-11H,1-3,6-9H2. The number of hydrogen-bond acceptors (Lipinski definition) is 0. The number of fused-ring (bicyclic) bond motifs is 1. The zero-order chi connectivity index (χ0) is 7.52. The molecule has 2 aliphatic carbocycles. The van der Waals surface area contributed by atoms with Gasteiger partial charge >= 0.3 is 0 Å². The molecule has 0 aliphatic heterocycles. The van der Waals surface area contributed by atoms with E-state index in [0.717, 1.165) is 11.8 Å². The highest BCUT2D eigenvalue weighted by molar-refractivity contribution is 4.95. The lowest BCUT2D eigenvalue weighted by Gasteiger charge is -2.25. The van der Waals surface area contributed by atoms with E-state index < -0.39 is 0 Å². The normalized spacial score (nSPS) is 37.8. The van der Waals surface area contributed by atoms with E-state index in [1.54, 1.807) is 0 Å². The van der Waals surface area contributed by atoms with E-state index in [9.17, 15) is 0 Å². The number of rotatable bonds is 0. The molecule has 1 fully saturated rings. The Kier molecular flexibility index (Phi) is 2.30. The van der Waals surface area contributed by atoms with Gasteiger partial charge in [0.05, 0.1) is 0 Å². The Bertz CT molecular complexity index is 130. The Labute approximate surface area is 69.7 Å². The van der Waals surface area contributed by atoms with Crippen molar-refractivity contribution in [3.05, 3.63) is 12.2 Å². The summed E-state index contributed by atoms with van der Waals surface area (Å²) in [5, 5.41) is 0. The first kappa shape index (κ1) is 7.39. The van der Waals surface area contributed by atoms with Crippen molar-refractivity contribution >= 4 is 0 Å². The van der Waals surface area contributed by atoms with E-state index in [-0.39, 0.29) is 0 Å². The van der Waals surface area contributed by atoms with Gasteiger partial charge in [-0.1, -0.05) is 31.4 Å². The van der Waals surface area contributed by atoms with Gasteiger partial charge in [-0.15, -0.1) is 0 Å². The first-order chi connectivity index (χ1) is 5.47. The molecule has 0 amide bonds. The van der Waals surface area contributed by atoms with E-state index in [1.165, 1.54) is 44.9 Å².